The molecule has 0 fully saturated rings. The van der Waals surface area contributed by atoms with E-state index in [1.165, 1.54) is 39.2 Å². The van der Waals surface area contributed by atoms with Crippen molar-refractivity contribution in [1.82, 2.24) is 4.57 Å². The van der Waals surface area contributed by atoms with Crippen LogP contribution in [-0.2, 0) is 13.5 Å². The number of ether oxygens (including phenoxy) is 1. The van der Waals surface area contributed by atoms with Crippen molar-refractivity contribution in [2.24, 2.45) is 7.05 Å². The summed E-state index contributed by atoms with van der Waals surface area (Å²) in [6.07, 6.45) is 0.863. The topological polar surface area (TPSA) is 14.2 Å². The fraction of sp³-hybridized carbons (Fsp3) is 0.154. The summed E-state index contributed by atoms with van der Waals surface area (Å²) in [6, 6.07) is 29.7. The molecule has 0 unspecified atom stereocenters. The lowest BCUT2D eigenvalue weighted by molar-refractivity contribution is 0.235. The number of rotatable bonds is 3. The summed E-state index contributed by atoms with van der Waals surface area (Å²) >= 11 is 0. The highest BCUT2D eigenvalue weighted by Crippen LogP contribution is 2.49. The second-order valence-electron chi connectivity index (χ2n) is 7.27. The molecular formula is C26H23NO. The number of hydrogen-bond acceptors (Lipinski definition) is 1. The molecule has 2 nitrogen and oxygen atoms in total. The van der Waals surface area contributed by atoms with E-state index in [-0.39, 0.29) is 6.10 Å². The molecule has 138 valence electrons. The average Bonchev–Trinajstić information content (AvgIpc) is 3.07. The monoisotopic (exact) mass is 365 g/mol. The maximum atomic E-state index is 6.55. The van der Waals surface area contributed by atoms with E-state index < -0.39 is 0 Å². The van der Waals surface area contributed by atoms with Gasteiger partial charge in [-0.3, -0.25) is 0 Å². The Balaban J connectivity index is 1.85. The van der Waals surface area contributed by atoms with Crippen molar-refractivity contribution in [3.63, 3.8) is 0 Å². The first-order valence-corrected chi connectivity index (χ1v) is 9.87. The number of benzene rings is 3. The Morgan fingerprint density at radius 1 is 0.821 bits per heavy atom. The zero-order valence-corrected chi connectivity index (χ0v) is 16.2. The first-order chi connectivity index (χ1) is 13.8. The van der Waals surface area contributed by atoms with Crippen LogP contribution in [0.4, 0.5) is 0 Å². The highest BCUT2D eigenvalue weighted by molar-refractivity contribution is 5.85. The summed E-state index contributed by atoms with van der Waals surface area (Å²) < 4.78 is 8.90. The van der Waals surface area contributed by atoms with Gasteiger partial charge in [-0.15, -0.1) is 0 Å². The maximum Gasteiger partial charge on any atom is 0.164 e. The Morgan fingerprint density at radius 3 is 2.18 bits per heavy atom. The van der Waals surface area contributed by atoms with Gasteiger partial charge in [0.05, 0.1) is 11.4 Å². The van der Waals surface area contributed by atoms with Crippen LogP contribution in [0.15, 0.2) is 84.9 Å². The van der Waals surface area contributed by atoms with E-state index in [0.717, 1.165) is 12.2 Å². The van der Waals surface area contributed by atoms with Crippen LogP contribution in [0.2, 0.25) is 0 Å². The van der Waals surface area contributed by atoms with Crippen molar-refractivity contribution in [3.05, 3.63) is 102 Å². The lowest BCUT2D eigenvalue weighted by Crippen LogP contribution is -2.18. The normalized spacial score (nSPS) is 14.9. The zero-order valence-electron chi connectivity index (χ0n) is 16.2. The van der Waals surface area contributed by atoms with Gasteiger partial charge in [-0.05, 0) is 29.2 Å². The van der Waals surface area contributed by atoms with Gasteiger partial charge in [0.15, 0.2) is 6.10 Å². The van der Waals surface area contributed by atoms with Gasteiger partial charge in [-0.2, -0.15) is 0 Å². The molecule has 3 aromatic carbocycles. The van der Waals surface area contributed by atoms with Gasteiger partial charge in [0.25, 0.3) is 0 Å². The molecule has 28 heavy (non-hydrogen) atoms. The molecule has 0 amide bonds. The largest absolute Gasteiger partial charge is 0.479 e. The molecule has 1 atom stereocenters. The SMILES string of the molecule is CCc1c2c(n(C)c1-c1ccccc1)[C@@H](c1ccccc1)Oc1ccccc1-2. The number of para-hydroxylation sites is 1. The third kappa shape index (κ3) is 2.49. The van der Waals surface area contributed by atoms with Gasteiger partial charge >= 0.3 is 0 Å². The lowest BCUT2D eigenvalue weighted by atomic mass is 9.91. The third-order valence-corrected chi connectivity index (χ3v) is 5.69. The number of aromatic nitrogens is 1. The number of hydrogen-bond donors (Lipinski definition) is 0. The van der Waals surface area contributed by atoms with Crippen LogP contribution in [0.25, 0.3) is 22.4 Å². The Hall–Kier alpha value is -3.26. The molecule has 0 spiro atoms. The van der Waals surface area contributed by atoms with Crippen molar-refractivity contribution < 1.29 is 4.74 Å². The van der Waals surface area contributed by atoms with E-state index in [1.807, 2.05) is 0 Å². The molecule has 0 saturated carbocycles. The van der Waals surface area contributed by atoms with Crippen LogP contribution in [0.5, 0.6) is 5.75 Å². The summed E-state index contributed by atoms with van der Waals surface area (Å²) in [7, 11) is 2.17. The van der Waals surface area contributed by atoms with Gasteiger partial charge in [-0.1, -0.05) is 85.8 Å². The summed E-state index contributed by atoms with van der Waals surface area (Å²) in [5.74, 6) is 0.962. The standard InChI is InChI=1S/C26H23NO/c1-3-20-23-21-16-10-11-17-22(21)28-26(19-14-8-5-9-15-19)25(23)27(2)24(20)18-12-6-4-7-13-18/h4-17,26H,3H2,1-2H3/t26-/m1/s1. The molecule has 0 N–H and O–H groups in total. The van der Waals surface area contributed by atoms with Gasteiger partial charge < -0.3 is 9.30 Å². The molecule has 1 aromatic heterocycles. The minimum absolute atomic E-state index is 0.112. The van der Waals surface area contributed by atoms with Gasteiger partial charge in [0.2, 0.25) is 0 Å². The van der Waals surface area contributed by atoms with Crippen molar-refractivity contribution in [2.75, 3.05) is 0 Å². The van der Waals surface area contributed by atoms with Crippen molar-refractivity contribution in [2.45, 2.75) is 19.4 Å². The van der Waals surface area contributed by atoms with Crippen LogP contribution in [0.3, 0.4) is 0 Å². The van der Waals surface area contributed by atoms with Gasteiger partial charge in [0, 0.05) is 18.2 Å². The van der Waals surface area contributed by atoms with Crippen LogP contribution in [0, 0.1) is 0 Å². The van der Waals surface area contributed by atoms with Crippen LogP contribution in [-0.4, -0.2) is 4.57 Å². The smallest absolute Gasteiger partial charge is 0.164 e. The molecular weight excluding hydrogens is 342 g/mol. The molecule has 5 rings (SSSR count). The van der Waals surface area contributed by atoms with Crippen LogP contribution in [0.1, 0.15) is 29.8 Å². The van der Waals surface area contributed by atoms with E-state index in [1.54, 1.807) is 0 Å². The number of nitrogens with zero attached hydrogens (tertiary/aromatic N) is 1. The predicted octanol–water partition coefficient (Wildman–Crippen LogP) is 6.40. The van der Waals surface area contributed by atoms with Crippen molar-refractivity contribution >= 4 is 0 Å². The van der Waals surface area contributed by atoms with E-state index in [0.29, 0.717) is 0 Å². The van der Waals surface area contributed by atoms with E-state index in [9.17, 15) is 0 Å². The fourth-order valence-corrected chi connectivity index (χ4v) is 4.49. The Kier molecular flexibility index (Phi) is 4.05. The fourth-order valence-electron chi connectivity index (χ4n) is 4.49. The summed E-state index contributed by atoms with van der Waals surface area (Å²) in [5.41, 5.74) is 8.87. The number of fused-ring (bicyclic) bond motifs is 3. The minimum atomic E-state index is -0.112. The molecule has 1 aliphatic rings. The van der Waals surface area contributed by atoms with Gasteiger partial charge in [-0.25, -0.2) is 0 Å². The Morgan fingerprint density at radius 2 is 1.46 bits per heavy atom. The Labute approximate surface area is 166 Å². The highest BCUT2D eigenvalue weighted by atomic mass is 16.5. The molecule has 2 heteroatoms. The average molecular weight is 365 g/mol. The van der Waals surface area contributed by atoms with Crippen LogP contribution < -0.4 is 4.74 Å². The molecule has 0 radical (unpaired) electrons. The summed E-state index contributed by atoms with van der Waals surface area (Å²) in [6.45, 7) is 2.25. The summed E-state index contributed by atoms with van der Waals surface area (Å²) in [4.78, 5) is 0. The second kappa shape index (κ2) is 6.72. The lowest BCUT2D eigenvalue weighted by Gasteiger charge is -2.28. The first kappa shape index (κ1) is 16.9. The first-order valence-electron chi connectivity index (χ1n) is 9.87. The Bertz CT molecular complexity index is 1130. The molecule has 0 aliphatic carbocycles. The van der Waals surface area contributed by atoms with Gasteiger partial charge in [0.1, 0.15) is 5.75 Å². The molecule has 0 saturated heterocycles. The van der Waals surface area contributed by atoms with Crippen molar-refractivity contribution in [3.8, 4) is 28.1 Å². The second-order valence-corrected chi connectivity index (χ2v) is 7.27. The molecule has 4 aromatic rings. The van der Waals surface area contributed by atoms with E-state index >= 15 is 0 Å². The van der Waals surface area contributed by atoms with E-state index in [2.05, 4.69) is 103 Å². The van der Waals surface area contributed by atoms with E-state index in [4.69, 9.17) is 4.74 Å². The van der Waals surface area contributed by atoms with Crippen LogP contribution >= 0.6 is 0 Å². The van der Waals surface area contributed by atoms with Crippen molar-refractivity contribution in [1.29, 1.82) is 0 Å². The molecule has 2 heterocycles. The highest BCUT2D eigenvalue weighted by Gasteiger charge is 2.34. The quantitative estimate of drug-likeness (QED) is 0.409. The third-order valence-electron chi connectivity index (χ3n) is 5.69. The summed E-state index contributed by atoms with van der Waals surface area (Å²) in [5, 5.41) is 0. The predicted molar refractivity (Wildman–Crippen MR) is 115 cm³/mol. The minimum Gasteiger partial charge on any atom is -0.479 e. The molecule has 1 aliphatic heterocycles. The zero-order chi connectivity index (χ0) is 19.1. The molecule has 0 bridgehead atoms. The maximum absolute atomic E-state index is 6.55.